The van der Waals surface area contributed by atoms with Crippen LogP contribution in [0.25, 0.3) is 0 Å². The first-order valence-corrected chi connectivity index (χ1v) is 11.3. The first kappa shape index (κ1) is 23.2. The lowest BCUT2D eigenvalue weighted by molar-refractivity contribution is 0.0734. The smallest absolute Gasteiger partial charge is 0.343 e. The van der Waals surface area contributed by atoms with E-state index >= 15 is 0 Å². The molecule has 0 aromatic heterocycles. The van der Waals surface area contributed by atoms with E-state index in [1.165, 1.54) is 0 Å². The van der Waals surface area contributed by atoms with Gasteiger partial charge in [-0.2, -0.15) is 5.26 Å². The fourth-order valence-electron chi connectivity index (χ4n) is 3.72. The fourth-order valence-corrected chi connectivity index (χ4v) is 3.96. The first-order valence-electron chi connectivity index (χ1n) is 10.9. The van der Waals surface area contributed by atoms with Crippen molar-refractivity contribution in [3.05, 3.63) is 99.9 Å². The van der Waals surface area contributed by atoms with Gasteiger partial charge in [0.05, 0.1) is 18.1 Å². The van der Waals surface area contributed by atoms with E-state index in [4.69, 9.17) is 31.5 Å². The largest absolute Gasteiger partial charge is 0.494 e. The molecule has 1 atom stereocenters. The number of hydrogen-bond donors (Lipinski definition) is 1. The number of nitriles is 1. The van der Waals surface area contributed by atoms with E-state index in [0.29, 0.717) is 34.3 Å². The number of ether oxygens (including phenoxy) is 3. The standard InChI is InChI=1S/C27H23ClN2O4/c1-2-3-14-32-18-10-8-17(9-11-18)27(31)33-19-12-13-21-24(15-19)34-26(30)22(16-29)25(21)20-6-4-5-7-23(20)28/h4-13,15,25H,2-3,14,30H2,1H3. The molecule has 0 bridgehead atoms. The topological polar surface area (TPSA) is 94.6 Å². The van der Waals surface area contributed by atoms with Gasteiger partial charge in [-0.25, -0.2) is 4.79 Å². The van der Waals surface area contributed by atoms with Crippen LogP contribution < -0.4 is 19.9 Å². The Hall–Kier alpha value is -3.95. The Morgan fingerprint density at radius 1 is 1.09 bits per heavy atom. The highest BCUT2D eigenvalue weighted by molar-refractivity contribution is 6.31. The van der Waals surface area contributed by atoms with E-state index < -0.39 is 11.9 Å². The van der Waals surface area contributed by atoms with Gasteiger partial charge in [0, 0.05) is 16.7 Å². The molecule has 0 radical (unpaired) electrons. The number of unbranched alkanes of at least 4 members (excludes halogenated alkanes) is 1. The number of rotatable bonds is 7. The number of carbonyl (C=O) groups is 1. The summed E-state index contributed by atoms with van der Waals surface area (Å²) in [5.74, 6) is 0.368. The fraction of sp³-hybridized carbons (Fsp3) is 0.185. The van der Waals surface area contributed by atoms with Crippen molar-refractivity contribution in [1.29, 1.82) is 5.26 Å². The summed E-state index contributed by atoms with van der Waals surface area (Å²) in [6, 6.07) is 21.2. The maximum absolute atomic E-state index is 12.6. The maximum Gasteiger partial charge on any atom is 0.343 e. The molecule has 3 aromatic rings. The van der Waals surface area contributed by atoms with Gasteiger partial charge in [-0.3, -0.25) is 0 Å². The van der Waals surface area contributed by atoms with Gasteiger partial charge < -0.3 is 19.9 Å². The minimum absolute atomic E-state index is 0.0120. The average molecular weight is 475 g/mol. The predicted octanol–water partition coefficient (Wildman–Crippen LogP) is 5.96. The molecule has 1 aliphatic heterocycles. The highest BCUT2D eigenvalue weighted by Gasteiger charge is 2.32. The van der Waals surface area contributed by atoms with Crippen LogP contribution in [0.2, 0.25) is 5.02 Å². The molecule has 172 valence electrons. The quantitative estimate of drug-likeness (QED) is 0.258. The highest BCUT2D eigenvalue weighted by atomic mass is 35.5. The van der Waals surface area contributed by atoms with Gasteiger partial charge in [0.2, 0.25) is 5.88 Å². The number of hydrogen-bond acceptors (Lipinski definition) is 6. The summed E-state index contributed by atoms with van der Waals surface area (Å²) in [6.45, 7) is 2.73. The van der Waals surface area contributed by atoms with Crippen LogP contribution in [0.4, 0.5) is 0 Å². The molecule has 7 heteroatoms. The number of halogens is 1. The van der Waals surface area contributed by atoms with Crippen LogP contribution in [0.1, 0.15) is 47.2 Å². The molecule has 0 aliphatic carbocycles. The van der Waals surface area contributed by atoms with E-state index in [1.807, 2.05) is 18.2 Å². The molecule has 34 heavy (non-hydrogen) atoms. The molecule has 0 saturated heterocycles. The van der Waals surface area contributed by atoms with Crippen molar-refractivity contribution in [1.82, 2.24) is 0 Å². The third kappa shape index (κ3) is 4.85. The summed E-state index contributed by atoms with van der Waals surface area (Å²) in [5, 5.41) is 10.2. The van der Waals surface area contributed by atoms with Crippen molar-refractivity contribution < 1.29 is 19.0 Å². The van der Waals surface area contributed by atoms with E-state index in [2.05, 4.69) is 13.0 Å². The van der Waals surface area contributed by atoms with Crippen LogP contribution in [0.15, 0.2) is 78.2 Å². The van der Waals surface area contributed by atoms with Gasteiger partial charge >= 0.3 is 5.97 Å². The summed E-state index contributed by atoms with van der Waals surface area (Å²) in [5.41, 5.74) is 8.15. The van der Waals surface area contributed by atoms with Crippen LogP contribution in [0.5, 0.6) is 17.2 Å². The molecular formula is C27H23ClN2O4. The van der Waals surface area contributed by atoms with Gasteiger partial charge in [0.15, 0.2) is 0 Å². The first-order chi connectivity index (χ1) is 16.5. The summed E-state index contributed by atoms with van der Waals surface area (Å²) >= 11 is 6.42. The minimum Gasteiger partial charge on any atom is -0.494 e. The normalized spacial score (nSPS) is 14.6. The third-order valence-corrected chi connectivity index (χ3v) is 5.82. The molecule has 6 nitrogen and oxygen atoms in total. The van der Waals surface area contributed by atoms with Gasteiger partial charge in [-0.15, -0.1) is 0 Å². The summed E-state index contributed by atoms with van der Waals surface area (Å²) in [6.07, 6.45) is 2.02. The zero-order valence-electron chi connectivity index (χ0n) is 18.6. The van der Waals surface area contributed by atoms with Crippen molar-refractivity contribution in [3.8, 4) is 23.3 Å². The van der Waals surface area contributed by atoms with Gasteiger partial charge in [0.1, 0.15) is 28.9 Å². The monoisotopic (exact) mass is 474 g/mol. The zero-order valence-corrected chi connectivity index (χ0v) is 19.3. The second kappa shape index (κ2) is 10.3. The van der Waals surface area contributed by atoms with E-state index in [1.54, 1.807) is 48.5 Å². The average Bonchev–Trinajstić information content (AvgIpc) is 2.84. The zero-order chi connectivity index (χ0) is 24.1. The van der Waals surface area contributed by atoms with Crippen LogP contribution in [-0.4, -0.2) is 12.6 Å². The number of esters is 1. The molecule has 0 amide bonds. The Bertz CT molecular complexity index is 1280. The summed E-state index contributed by atoms with van der Waals surface area (Å²) in [7, 11) is 0. The van der Waals surface area contributed by atoms with Gasteiger partial charge in [0.25, 0.3) is 0 Å². The summed E-state index contributed by atoms with van der Waals surface area (Å²) in [4.78, 5) is 12.6. The van der Waals surface area contributed by atoms with Crippen LogP contribution in [0.3, 0.4) is 0 Å². The molecule has 1 heterocycles. The van der Waals surface area contributed by atoms with Crippen molar-refractivity contribution in [3.63, 3.8) is 0 Å². The molecule has 1 aliphatic rings. The van der Waals surface area contributed by atoms with Gasteiger partial charge in [-0.05, 0) is 48.4 Å². The Kier molecular flexibility index (Phi) is 7.05. The molecule has 2 N–H and O–H groups in total. The maximum atomic E-state index is 12.6. The SMILES string of the molecule is CCCCOc1ccc(C(=O)Oc2ccc3c(c2)OC(N)=C(C#N)C3c2ccccc2Cl)cc1. The molecule has 4 rings (SSSR count). The van der Waals surface area contributed by atoms with Crippen LogP contribution in [0, 0.1) is 11.3 Å². The molecule has 0 fully saturated rings. The number of carbonyl (C=O) groups excluding carboxylic acids is 1. The second-order valence-electron chi connectivity index (χ2n) is 7.76. The minimum atomic E-state index is -0.514. The van der Waals surface area contributed by atoms with E-state index in [-0.39, 0.29) is 17.2 Å². The highest BCUT2D eigenvalue weighted by Crippen LogP contribution is 2.45. The summed E-state index contributed by atoms with van der Waals surface area (Å²) < 4.78 is 16.9. The molecular weight excluding hydrogens is 452 g/mol. The lowest BCUT2D eigenvalue weighted by atomic mass is 9.83. The lowest BCUT2D eigenvalue weighted by Crippen LogP contribution is -2.21. The van der Waals surface area contributed by atoms with Crippen molar-refractivity contribution in [2.24, 2.45) is 5.73 Å². The number of benzene rings is 3. The lowest BCUT2D eigenvalue weighted by Gasteiger charge is -2.27. The third-order valence-electron chi connectivity index (χ3n) is 5.47. The van der Waals surface area contributed by atoms with E-state index in [9.17, 15) is 10.1 Å². The Morgan fingerprint density at radius 3 is 2.53 bits per heavy atom. The number of fused-ring (bicyclic) bond motifs is 1. The Labute approximate surface area is 203 Å². The number of nitrogens with zero attached hydrogens (tertiary/aromatic N) is 1. The van der Waals surface area contributed by atoms with Crippen molar-refractivity contribution in [2.75, 3.05) is 6.61 Å². The molecule has 1 unspecified atom stereocenters. The molecule has 3 aromatic carbocycles. The molecule has 0 spiro atoms. The van der Waals surface area contributed by atoms with Crippen LogP contribution >= 0.6 is 11.6 Å². The van der Waals surface area contributed by atoms with Crippen LogP contribution in [-0.2, 0) is 0 Å². The number of allylic oxidation sites excluding steroid dienone is 1. The van der Waals surface area contributed by atoms with E-state index in [0.717, 1.165) is 18.4 Å². The Morgan fingerprint density at radius 2 is 1.82 bits per heavy atom. The predicted molar refractivity (Wildman–Crippen MR) is 129 cm³/mol. The van der Waals surface area contributed by atoms with Gasteiger partial charge in [-0.1, -0.05) is 49.2 Å². The number of nitrogens with two attached hydrogens (primary N) is 1. The van der Waals surface area contributed by atoms with Crippen molar-refractivity contribution >= 4 is 17.6 Å². The molecule has 0 saturated carbocycles. The van der Waals surface area contributed by atoms with Crippen molar-refractivity contribution in [2.45, 2.75) is 25.7 Å². The second-order valence-corrected chi connectivity index (χ2v) is 8.17. The Balaban J connectivity index is 1.56.